The number of rotatable bonds is 6. The minimum absolute atomic E-state index is 0.570. The van der Waals surface area contributed by atoms with Crippen LogP contribution in [0.5, 0.6) is 17.2 Å². The van der Waals surface area contributed by atoms with Crippen LogP contribution in [-0.4, -0.2) is 33.7 Å². The zero-order chi connectivity index (χ0) is 18.4. The highest BCUT2D eigenvalue weighted by molar-refractivity contribution is 5.94. The van der Waals surface area contributed by atoms with Gasteiger partial charge in [-0.25, -0.2) is 0 Å². The van der Waals surface area contributed by atoms with Crippen molar-refractivity contribution >= 4 is 11.5 Å². The molecule has 1 aliphatic heterocycles. The Balaban J connectivity index is 1.82. The van der Waals surface area contributed by atoms with E-state index in [0.29, 0.717) is 30.3 Å². The summed E-state index contributed by atoms with van der Waals surface area (Å²) < 4.78 is 16.2. The van der Waals surface area contributed by atoms with Gasteiger partial charge in [0, 0.05) is 11.8 Å². The number of nitrogens with one attached hydrogen (secondary N) is 2. The van der Waals surface area contributed by atoms with Crippen LogP contribution >= 0.6 is 0 Å². The molecule has 0 saturated heterocycles. The lowest BCUT2D eigenvalue weighted by Crippen LogP contribution is -2.36. The number of amidine groups is 1. The highest BCUT2D eigenvalue weighted by Crippen LogP contribution is 2.39. The molecule has 6 heteroatoms. The third-order valence-electron chi connectivity index (χ3n) is 4.07. The van der Waals surface area contributed by atoms with Crippen molar-refractivity contribution in [1.29, 1.82) is 0 Å². The molecule has 1 aliphatic rings. The number of nitrogens with zero attached hydrogens (tertiary/aromatic N) is 1. The predicted octanol–water partition coefficient (Wildman–Crippen LogP) is 2.80. The summed E-state index contributed by atoms with van der Waals surface area (Å²) in [6.07, 6.45) is 1.92. The second-order valence-corrected chi connectivity index (χ2v) is 5.73. The lowest BCUT2D eigenvalue weighted by atomic mass is 10.1. The zero-order valence-electron chi connectivity index (χ0n) is 15.2. The summed E-state index contributed by atoms with van der Waals surface area (Å²) in [7, 11) is 4.80. The molecule has 1 heterocycles. The van der Waals surface area contributed by atoms with Crippen LogP contribution in [0.1, 0.15) is 11.1 Å². The van der Waals surface area contributed by atoms with E-state index in [1.165, 1.54) is 5.56 Å². The first-order valence-corrected chi connectivity index (χ1v) is 8.33. The fourth-order valence-corrected chi connectivity index (χ4v) is 2.74. The lowest BCUT2D eigenvalue weighted by Gasteiger charge is -2.21. The van der Waals surface area contributed by atoms with E-state index in [1.54, 1.807) is 21.3 Å². The van der Waals surface area contributed by atoms with Crippen LogP contribution in [0.25, 0.3) is 5.70 Å². The van der Waals surface area contributed by atoms with Crippen LogP contribution in [-0.2, 0) is 6.54 Å². The third kappa shape index (κ3) is 3.91. The van der Waals surface area contributed by atoms with E-state index in [-0.39, 0.29) is 0 Å². The maximum Gasteiger partial charge on any atom is 0.203 e. The SMILES string of the molecule is COc1cc(C2=CNCC(=NCc3ccccc3)N2)cc(OC)c1OC. The number of hydrogen-bond donors (Lipinski definition) is 2. The van der Waals surface area contributed by atoms with Gasteiger partial charge in [-0.2, -0.15) is 0 Å². The summed E-state index contributed by atoms with van der Waals surface area (Å²) in [5.74, 6) is 2.66. The minimum Gasteiger partial charge on any atom is -0.493 e. The molecule has 136 valence electrons. The Kier molecular flexibility index (Phi) is 5.63. The van der Waals surface area contributed by atoms with Gasteiger partial charge < -0.3 is 24.8 Å². The molecule has 0 radical (unpaired) electrons. The van der Waals surface area contributed by atoms with Crippen LogP contribution in [0, 0.1) is 0 Å². The van der Waals surface area contributed by atoms with E-state index >= 15 is 0 Å². The van der Waals surface area contributed by atoms with Gasteiger partial charge in [-0.1, -0.05) is 30.3 Å². The quantitative estimate of drug-likeness (QED) is 0.836. The molecule has 0 atom stereocenters. The molecule has 0 aliphatic carbocycles. The van der Waals surface area contributed by atoms with Crippen molar-refractivity contribution in [3.05, 3.63) is 59.8 Å². The van der Waals surface area contributed by atoms with Gasteiger partial charge >= 0.3 is 0 Å². The van der Waals surface area contributed by atoms with Crippen molar-refractivity contribution in [2.24, 2.45) is 4.99 Å². The molecule has 0 aromatic heterocycles. The van der Waals surface area contributed by atoms with Crippen LogP contribution < -0.4 is 24.8 Å². The van der Waals surface area contributed by atoms with Gasteiger partial charge in [-0.05, 0) is 17.7 Å². The fourth-order valence-electron chi connectivity index (χ4n) is 2.74. The predicted molar refractivity (Wildman–Crippen MR) is 103 cm³/mol. The molecule has 0 spiro atoms. The van der Waals surface area contributed by atoms with E-state index in [4.69, 9.17) is 14.2 Å². The number of methoxy groups -OCH3 is 3. The van der Waals surface area contributed by atoms with E-state index < -0.39 is 0 Å². The molecule has 0 amide bonds. The van der Waals surface area contributed by atoms with Gasteiger partial charge in [0.05, 0.1) is 40.1 Å². The number of hydrogen-bond acceptors (Lipinski definition) is 5. The largest absolute Gasteiger partial charge is 0.493 e. The van der Waals surface area contributed by atoms with Crippen LogP contribution in [0.15, 0.2) is 53.7 Å². The van der Waals surface area contributed by atoms with Gasteiger partial charge in [0.15, 0.2) is 11.5 Å². The average Bonchev–Trinajstić information content (AvgIpc) is 2.72. The molecule has 0 fully saturated rings. The molecular weight excluding hydrogens is 330 g/mol. The van der Waals surface area contributed by atoms with Crippen LogP contribution in [0.4, 0.5) is 0 Å². The fraction of sp³-hybridized carbons (Fsp3) is 0.250. The van der Waals surface area contributed by atoms with Crippen molar-refractivity contribution in [2.75, 3.05) is 27.9 Å². The number of ether oxygens (including phenoxy) is 3. The zero-order valence-corrected chi connectivity index (χ0v) is 15.2. The second-order valence-electron chi connectivity index (χ2n) is 5.73. The standard InChI is InChI=1S/C20H23N3O3/c1-24-17-9-15(10-18(25-2)20(17)26-3)16-12-21-13-19(23-16)22-11-14-7-5-4-6-8-14/h4-10,12,21H,11,13H2,1-3H3,(H,22,23). The Hall–Kier alpha value is -3.15. The van der Waals surface area contributed by atoms with Gasteiger partial charge in [0.2, 0.25) is 5.75 Å². The third-order valence-corrected chi connectivity index (χ3v) is 4.07. The van der Waals surface area contributed by atoms with Crippen LogP contribution in [0.3, 0.4) is 0 Å². The van der Waals surface area contributed by atoms with Gasteiger partial charge in [-0.3, -0.25) is 4.99 Å². The molecule has 0 bridgehead atoms. The normalized spacial score (nSPS) is 14.9. The van der Waals surface area contributed by atoms with Crippen molar-refractivity contribution in [1.82, 2.24) is 10.6 Å². The minimum atomic E-state index is 0.570. The maximum atomic E-state index is 5.43. The Morgan fingerprint density at radius 2 is 1.65 bits per heavy atom. The lowest BCUT2D eigenvalue weighted by molar-refractivity contribution is 0.324. The first-order valence-electron chi connectivity index (χ1n) is 8.33. The highest BCUT2D eigenvalue weighted by Gasteiger charge is 2.17. The van der Waals surface area contributed by atoms with Crippen LogP contribution in [0.2, 0.25) is 0 Å². The molecule has 2 N–H and O–H groups in total. The highest BCUT2D eigenvalue weighted by atomic mass is 16.5. The number of aliphatic imine (C=N–C) groups is 1. The summed E-state index contributed by atoms with van der Waals surface area (Å²) in [6, 6.07) is 14.0. The summed E-state index contributed by atoms with van der Waals surface area (Å²) in [5, 5.41) is 6.63. The molecule has 0 saturated carbocycles. The molecular formula is C20H23N3O3. The van der Waals surface area contributed by atoms with Gasteiger partial charge in [-0.15, -0.1) is 0 Å². The summed E-state index contributed by atoms with van der Waals surface area (Å²) in [4.78, 5) is 4.66. The first kappa shape index (κ1) is 17.7. The number of benzene rings is 2. The molecule has 2 aromatic rings. The maximum absolute atomic E-state index is 5.43. The van der Waals surface area contributed by atoms with Crippen molar-refractivity contribution in [3.63, 3.8) is 0 Å². The topological polar surface area (TPSA) is 64.1 Å². The second kappa shape index (κ2) is 8.29. The van der Waals surface area contributed by atoms with E-state index in [9.17, 15) is 0 Å². The van der Waals surface area contributed by atoms with Crippen molar-refractivity contribution < 1.29 is 14.2 Å². The van der Waals surface area contributed by atoms with Gasteiger partial charge in [0.25, 0.3) is 0 Å². The van der Waals surface area contributed by atoms with Crippen molar-refractivity contribution in [2.45, 2.75) is 6.54 Å². The Labute approximate surface area is 153 Å². The molecule has 26 heavy (non-hydrogen) atoms. The molecule has 6 nitrogen and oxygen atoms in total. The molecule has 3 rings (SSSR count). The Bertz CT molecular complexity index is 791. The smallest absolute Gasteiger partial charge is 0.203 e. The molecule has 0 unspecified atom stereocenters. The Morgan fingerprint density at radius 3 is 2.27 bits per heavy atom. The first-order chi connectivity index (χ1) is 12.7. The monoisotopic (exact) mass is 353 g/mol. The van der Waals surface area contributed by atoms with Gasteiger partial charge in [0.1, 0.15) is 5.84 Å². The summed E-state index contributed by atoms with van der Waals surface area (Å²) >= 11 is 0. The average molecular weight is 353 g/mol. The summed E-state index contributed by atoms with van der Waals surface area (Å²) in [6.45, 7) is 1.29. The summed E-state index contributed by atoms with van der Waals surface area (Å²) in [5.41, 5.74) is 2.98. The van der Waals surface area contributed by atoms with E-state index in [2.05, 4.69) is 27.8 Å². The van der Waals surface area contributed by atoms with E-state index in [1.807, 2.05) is 36.5 Å². The van der Waals surface area contributed by atoms with Crippen molar-refractivity contribution in [3.8, 4) is 17.2 Å². The van der Waals surface area contributed by atoms with E-state index in [0.717, 1.165) is 17.1 Å². The molecule has 2 aromatic carbocycles. The Morgan fingerprint density at radius 1 is 0.962 bits per heavy atom.